The number of amides is 1. The Balaban J connectivity index is 1.56. The van der Waals surface area contributed by atoms with Crippen molar-refractivity contribution in [3.63, 3.8) is 0 Å². The molecule has 0 aromatic heterocycles. The molecule has 0 bridgehead atoms. The number of aryl methyl sites for hydroxylation is 1. The summed E-state index contributed by atoms with van der Waals surface area (Å²) in [4.78, 5) is 12.5. The maximum atomic E-state index is 12.7. The topological polar surface area (TPSA) is 88.1 Å². The minimum atomic E-state index is -3.64. The van der Waals surface area contributed by atoms with Crippen LogP contribution in [0.1, 0.15) is 27.0 Å². The number of sulfonamides is 1. The number of nitrogens with zero attached hydrogens (tertiary/aromatic N) is 2. The summed E-state index contributed by atoms with van der Waals surface area (Å²) in [5.74, 6) is -0.435. The van der Waals surface area contributed by atoms with Crippen LogP contribution in [0.2, 0.25) is 0 Å². The van der Waals surface area contributed by atoms with Crippen molar-refractivity contribution in [1.82, 2.24) is 9.73 Å². The molecule has 0 heterocycles. The van der Waals surface area contributed by atoms with Crippen molar-refractivity contribution in [3.05, 3.63) is 95.1 Å². The summed E-state index contributed by atoms with van der Waals surface area (Å²) in [6.45, 7) is -0.876. The third kappa shape index (κ3) is 6.69. The molecule has 0 saturated carbocycles. The second-order valence-corrected chi connectivity index (χ2v) is 9.46. The SMILES string of the molecule is Cc1ccc(S(=O)(=O)N(C)Cc2ccc(C(=O)N/N=C\c3ccc(OC(F)F)cc3)cc2)cc1. The number of halogens is 2. The molecule has 34 heavy (non-hydrogen) atoms. The van der Waals surface area contributed by atoms with Crippen LogP contribution in [0.25, 0.3) is 0 Å². The van der Waals surface area contributed by atoms with E-state index in [1.54, 1.807) is 48.5 Å². The van der Waals surface area contributed by atoms with Gasteiger partial charge in [-0.1, -0.05) is 29.8 Å². The molecule has 1 N–H and O–H groups in total. The standard InChI is InChI=1S/C24H23F2N3O4S/c1-17-3-13-22(14-4-17)34(31,32)29(2)16-19-5-9-20(10-6-19)23(30)28-27-15-18-7-11-21(12-8-18)33-24(25)26/h3-15,24H,16H2,1-2H3,(H,28,30)/b27-15-. The first-order chi connectivity index (χ1) is 16.1. The Hall–Kier alpha value is -3.63. The average Bonchev–Trinajstić information content (AvgIpc) is 2.80. The molecule has 0 aliphatic carbocycles. The summed E-state index contributed by atoms with van der Waals surface area (Å²) in [5, 5.41) is 3.85. The summed E-state index contributed by atoms with van der Waals surface area (Å²) >= 11 is 0. The predicted molar refractivity (Wildman–Crippen MR) is 124 cm³/mol. The normalized spacial score (nSPS) is 11.8. The molecule has 178 valence electrons. The third-order valence-corrected chi connectivity index (χ3v) is 6.65. The first kappa shape index (κ1) is 25.0. The zero-order valence-electron chi connectivity index (χ0n) is 18.5. The lowest BCUT2D eigenvalue weighted by Crippen LogP contribution is -2.26. The maximum absolute atomic E-state index is 12.7. The van der Waals surface area contributed by atoms with E-state index in [4.69, 9.17) is 0 Å². The summed E-state index contributed by atoms with van der Waals surface area (Å²) in [6.07, 6.45) is 1.36. The predicted octanol–water partition coefficient (Wildman–Crippen LogP) is 4.18. The van der Waals surface area contributed by atoms with E-state index in [-0.39, 0.29) is 17.2 Å². The fourth-order valence-electron chi connectivity index (χ4n) is 2.96. The number of hydrazone groups is 1. The molecule has 0 aliphatic heterocycles. The number of carbonyl (C=O) groups is 1. The molecule has 10 heteroatoms. The van der Waals surface area contributed by atoms with Gasteiger partial charge in [-0.3, -0.25) is 4.79 Å². The van der Waals surface area contributed by atoms with Gasteiger partial charge in [0.15, 0.2) is 0 Å². The van der Waals surface area contributed by atoms with E-state index in [2.05, 4.69) is 15.3 Å². The van der Waals surface area contributed by atoms with E-state index in [1.807, 2.05) is 6.92 Å². The Bertz CT molecular complexity index is 1240. The van der Waals surface area contributed by atoms with Gasteiger partial charge in [-0.25, -0.2) is 13.8 Å². The van der Waals surface area contributed by atoms with Crippen LogP contribution in [-0.4, -0.2) is 38.5 Å². The van der Waals surface area contributed by atoms with Crippen LogP contribution in [0.4, 0.5) is 8.78 Å². The van der Waals surface area contributed by atoms with E-state index in [0.717, 1.165) is 5.56 Å². The molecule has 0 saturated heterocycles. The summed E-state index contributed by atoms with van der Waals surface area (Å²) in [5.41, 5.74) is 4.98. The molecule has 0 unspecified atom stereocenters. The lowest BCUT2D eigenvalue weighted by Gasteiger charge is -2.17. The highest BCUT2D eigenvalue weighted by molar-refractivity contribution is 7.89. The number of hydrogen-bond donors (Lipinski definition) is 1. The van der Waals surface area contributed by atoms with Crippen LogP contribution < -0.4 is 10.2 Å². The molecule has 0 atom stereocenters. The van der Waals surface area contributed by atoms with Crippen LogP contribution in [-0.2, 0) is 16.6 Å². The van der Waals surface area contributed by atoms with Crippen molar-refractivity contribution in [2.24, 2.45) is 5.10 Å². The first-order valence-corrected chi connectivity index (χ1v) is 11.6. The first-order valence-electron chi connectivity index (χ1n) is 10.2. The molecule has 0 fully saturated rings. The van der Waals surface area contributed by atoms with Gasteiger partial charge < -0.3 is 4.74 Å². The van der Waals surface area contributed by atoms with E-state index < -0.39 is 22.5 Å². The van der Waals surface area contributed by atoms with Crippen LogP contribution >= 0.6 is 0 Å². The van der Waals surface area contributed by atoms with Crippen molar-refractivity contribution < 1.29 is 26.7 Å². The van der Waals surface area contributed by atoms with E-state index in [0.29, 0.717) is 16.7 Å². The van der Waals surface area contributed by atoms with Gasteiger partial charge in [-0.05, 0) is 66.6 Å². The van der Waals surface area contributed by atoms with Gasteiger partial charge in [0, 0.05) is 19.2 Å². The van der Waals surface area contributed by atoms with Gasteiger partial charge in [-0.15, -0.1) is 0 Å². The van der Waals surface area contributed by atoms with Gasteiger partial charge in [0.05, 0.1) is 11.1 Å². The Morgan fingerprint density at radius 2 is 1.65 bits per heavy atom. The summed E-state index contributed by atoms with van der Waals surface area (Å²) < 4.78 is 55.3. The average molecular weight is 488 g/mol. The minimum absolute atomic E-state index is 0.0218. The van der Waals surface area contributed by atoms with Gasteiger partial charge in [-0.2, -0.15) is 18.2 Å². The monoisotopic (exact) mass is 487 g/mol. The van der Waals surface area contributed by atoms with Gasteiger partial charge in [0.2, 0.25) is 10.0 Å². The maximum Gasteiger partial charge on any atom is 0.387 e. The Morgan fingerprint density at radius 3 is 2.24 bits per heavy atom. The van der Waals surface area contributed by atoms with Crippen LogP contribution in [0.15, 0.2) is 82.8 Å². The van der Waals surface area contributed by atoms with Crippen molar-refractivity contribution in [2.75, 3.05) is 7.05 Å². The van der Waals surface area contributed by atoms with E-state index in [9.17, 15) is 22.0 Å². The van der Waals surface area contributed by atoms with Crippen molar-refractivity contribution in [1.29, 1.82) is 0 Å². The molecule has 0 aliphatic rings. The Morgan fingerprint density at radius 1 is 1.03 bits per heavy atom. The van der Waals surface area contributed by atoms with Gasteiger partial charge in [0.25, 0.3) is 5.91 Å². The van der Waals surface area contributed by atoms with E-state index in [1.165, 1.54) is 41.8 Å². The number of nitrogens with one attached hydrogen (secondary N) is 1. The van der Waals surface area contributed by atoms with Gasteiger partial charge in [0.1, 0.15) is 5.75 Å². The number of rotatable bonds is 9. The highest BCUT2D eigenvalue weighted by Crippen LogP contribution is 2.18. The lowest BCUT2D eigenvalue weighted by molar-refractivity contribution is -0.0498. The number of benzene rings is 3. The van der Waals surface area contributed by atoms with Crippen LogP contribution in [0, 0.1) is 6.92 Å². The Labute approximate surface area is 196 Å². The largest absolute Gasteiger partial charge is 0.435 e. The molecular formula is C24H23F2N3O4S. The quantitative estimate of drug-likeness (QED) is 0.362. The molecule has 3 aromatic carbocycles. The number of ether oxygens (including phenoxy) is 1. The zero-order valence-corrected chi connectivity index (χ0v) is 19.3. The highest BCUT2D eigenvalue weighted by atomic mass is 32.2. The van der Waals surface area contributed by atoms with Gasteiger partial charge >= 0.3 is 6.61 Å². The molecule has 7 nitrogen and oxygen atoms in total. The molecular weight excluding hydrogens is 464 g/mol. The second kappa shape index (κ2) is 11.0. The fraction of sp³-hybridized carbons (Fsp3) is 0.167. The molecule has 0 radical (unpaired) electrons. The molecule has 3 aromatic rings. The molecule has 0 spiro atoms. The molecule has 3 rings (SSSR count). The van der Waals surface area contributed by atoms with E-state index >= 15 is 0 Å². The van der Waals surface area contributed by atoms with Crippen LogP contribution in [0.5, 0.6) is 5.75 Å². The zero-order chi connectivity index (χ0) is 24.7. The lowest BCUT2D eigenvalue weighted by atomic mass is 10.1. The number of hydrogen-bond acceptors (Lipinski definition) is 5. The van der Waals surface area contributed by atoms with Crippen LogP contribution in [0.3, 0.4) is 0 Å². The highest BCUT2D eigenvalue weighted by Gasteiger charge is 2.20. The smallest absolute Gasteiger partial charge is 0.387 e. The van der Waals surface area contributed by atoms with Crippen molar-refractivity contribution in [2.45, 2.75) is 25.0 Å². The Kier molecular flexibility index (Phi) is 8.08. The fourth-order valence-corrected chi connectivity index (χ4v) is 4.12. The number of alkyl halides is 2. The number of carbonyl (C=O) groups excluding carboxylic acids is 1. The minimum Gasteiger partial charge on any atom is -0.435 e. The molecule has 1 amide bonds. The second-order valence-electron chi connectivity index (χ2n) is 7.42. The third-order valence-electron chi connectivity index (χ3n) is 4.84. The van der Waals surface area contributed by atoms with Crippen molar-refractivity contribution >= 4 is 22.1 Å². The summed E-state index contributed by atoms with van der Waals surface area (Å²) in [6, 6.07) is 18.9. The van der Waals surface area contributed by atoms with Crippen molar-refractivity contribution in [3.8, 4) is 5.75 Å². The summed E-state index contributed by atoms with van der Waals surface area (Å²) in [7, 11) is -2.14.